The van der Waals surface area contributed by atoms with Gasteiger partial charge in [-0.05, 0) is 75.6 Å². The molecule has 0 aromatic heterocycles. The quantitative estimate of drug-likeness (QED) is 0.119. The van der Waals surface area contributed by atoms with Crippen LogP contribution in [0, 0.1) is 16.7 Å². The van der Waals surface area contributed by atoms with Gasteiger partial charge in [0.25, 0.3) is 5.91 Å². The van der Waals surface area contributed by atoms with Gasteiger partial charge < -0.3 is 48.7 Å². The fourth-order valence-electron chi connectivity index (χ4n) is 10.7. The van der Waals surface area contributed by atoms with Crippen molar-refractivity contribution >= 4 is 41.7 Å². The second-order valence-electron chi connectivity index (χ2n) is 19.9. The van der Waals surface area contributed by atoms with Crippen molar-refractivity contribution in [2.75, 3.05) is 6.61 Å². The molecular formula is C52H59NO16. The van der Waals surface area contributed by atoms with E-state index >= 15 is 4.79 Å². The molecule has 2 bridgehead atoms. The normalized spacial score (nSPS) is 29.9. The summed E-state index contributed by atoms with van der Waals surface area (Å²) in [5, 5.41) is 28.6. The summed E-state index contributed by atoms with van der Waals surface area (Å²) >= 11 is 0. The van der Waals surface area contributed by atoms with Gasteiger partial charge in [-0.15, -0.1) is 0 Å². The van der Waals surface area contributed by atoms with E-state index in [0.717, 1.165) is 13.8 Å². The summed E-state index contributed by atoms with van der Waals surface area (Å²) in [7, 11) is 0. The van der Waals surface area contributed by atoms with Crippen molar-refractivity contribution in [1.82, 2.24) is 5.32 Å². The van der Waals surface area contributed by atoms with Crippen LogP contribution >= 0.6 is 0 Å². The number of carbonyl (C=O) groups is 7. The molecule has 69 heavy (non-hydrogen) atoms. The third-order valence-electron chi connectivity index (χ3n) is 14.1. The highest BCUT2D eigenvalue weighted by Crippen LogP contribution is 2.65. The Kier molecular flexibility index (Phi) is 13.8. The van der Waals surface area contributed by atoms with E-state index in [1.807, 2.05) is 0 Å². The van der Waals surface area contributed by atoms with Crippen LogP contribution in [0.3, 0.4) is 0 Å². The lowest BCUT2D eigenvalue weighted by Crippen LogP contribution is -2.82. The van der Waals surface area contributed by atoms with Crippen LogP contribution in [-0.4, -0.2) is 112 Å². The number of esters is 4. The Hall–Kier alpha value is -6.43. The van der Waals surface area contributed by atoms with Gasteiger partial charge in [-0.2, -0.15) is 0 Å². The minimum Gasteiger partial charge on any atom is -0.456 e. The molecule has 2 saturated carbocycles. The first kappa shape index (κ1) is 50.4. The largest absolute Gasteiger partial charge is 0.509 e. The van der Waals surface area contributed by atoms with E-state index in [1.165, 1.54) is 26.0 Å². The maximum absolute atomic E-state index is 16.1. The highest BCUT2D eigenvalue weighted by Gasteiger charge is 2.79. The summed E-state index contributed by atoms with van der Waals surface area (Å²) in [6, 6.07) is 22.8. The third-order valence-corrected chi connectivity index (χ3v) is 14.1. The summed E-state index contributed by atoms with van der Waals surface area (Å²) in [6.07, 6.45) is -12.1. The van der Waals surface area contributed by atoms with E-state index in [1.54, 1.807) is 113 Å². The number of nitrogens with one attached hydrogen (secondary N) is 1. The predicted octanol–water partition coefficient (Wildman–Crippen LogP) is 5.70. The van der Waals surface area contributed by atoms with Crippen LogP contribution in [-0.2, 0) is 52.3 Å². The van der Waals surface area contributed by atoms with Gasteiger partial charge in [0.2, 0.25) is 0 Å². The first-order valence-electron chi connectivity index (χ1n) is 22.8. The van der Waals surface area contributed by atoms with Gasteiger partial charge in [0.05, 0.1) is 29.5 Å². The van der Waals surface area contributed by atoms with Crippen molar-refractivity contribution in [2.24, 2.45) is 16.7 Å². The molecule has 4 aliphatic rings. The second kappa shape index (κ2) is 18.8. The topological polar surface area (TPSA) is 237 Å². The van der Waals surface area contributed by atoms with Crippen molar-refractivity contribution < 1.29 is 76.9 Å². The number of aliphatic hydroxyl groups is 2. The molecular weight excluding hydrogens is 895 g/mol. The molecule has 3 aromatic carbocycles. The van der Waals surface area contributed by atoms with Crippen LogP contribution in [0.15, 0.2) is 102 Å². The van der Waals surface area contributed by atoms with E-state index in [9.17, 15) is 39.0 Å². The average molecular weight is 954 g/mol. The van der Waals surface area contributed by atoms with Crippen LogP contribution in [0.1, 0.15) is 107 Å². The Morgan fingerprint density at radius 1 is 0.797 bits per heavy atom. The van der Waals surface area contributed by atoms with Gasteiger partial charge in [0.1, 0.15) is 35.6 Å². The van der Waals surface area contributed by atoms with Gasteiger partial charge >= 0.3 is 30.0 Å². The van der Waals surface area contributed by atoms with Crippen molar-refractivity contribution in [3.8, 4) is 0 Å². The van der Waals surface area contributed by atoms with Gasteiger partial charge in [-0.1, -0.05) is 80.6 Å². The van der Waals surface area contributed by atoms with E-state index < -0.39 is 124 Å². The lowest BCUT2D eigenvalue weighted by atomic mass is 9.44. The van der Waals surface area contributed by atoms with Gasteiger partial charge in [-0.3, -0.25) is 19.2 Å². The summed E-state index contributed by atoms with van der Waals surface area (Å²) in [6.45, 7) is 12.7. The number of benzene rings is 3. The van der Waals surface area contributed by atoms with Gasteiger partial charge in [0, 0.05) is 37.7 Å². The third kappa shape index (κ3) is 9.26. The molecule has 3 fully saturated rings. The lowest BCUT2D eigenvalue weighted by molar-refractivity contribution is -0.346. The first-order valence-corrected chi connectivity index (χ1v) is 22.8. The number of rotatable bonds is 11. The fourth-order valence-corrected chi connectivity index (χ4v) is 10.7. The Morgan fingerprint density at radius 2 is 1.38 bits per heavy atom. The van der Waals surface area contributed by atoms with Gasteiger partial charge in [0.15, 0.2) is 23.6 Å². The maximum Gasteiger partial charge on any atom is 0.509 e. The predicted molar refractivity (Wildman–Crippen MR) is 243 cm³/mol. The zero-order valence-electron chi connectivity index (χ0n) is 40.0. The number of aliphatic hydroxyl groups excluding tert-OH is 1. The summed E-state index contributed by atoms with van der Waals surface area (Å²) in [5.74, 6) is -7.16. The van der Waals surface area contributed by atoms with Crippen LogP contribution < -0.4 is 5.32 Å². The van der Waals surface area contributed by atoms with Crippen molar-refractivity contribution in [2.45, 2.75) is 135 Å². The SMILES string of the molecule is CC(=O)O[C@H]1C(=O)[C@@]2(C)C(C(OC(=O)c3ccccc3)[C@]3(O)C[C@H](OC(=O)[C@H](O)C(NC(=O)c4ccccc4)c4ccccc4)C(C)=C1C3(C)C)[C@]1(OC(C)=O)CO[C@@H]1C[C@@H]2OC(=O)OC(C)(C)C. The zero-order valence-corrected chi connectivity index (χ0v) is 40.0. The molecule has 3 aromatic rings. The van der Waals surface area contributed by atoms with Crippen molar-refractivity contribution in [1.29, 1.82) is 0 Å². The molecule has 368 valence electrons. The van der Waals surface area contributed by atoms with Crippen LogP contribution in [0.5, 0.6) is 0 Å². The standard InChI is InChI=1S/C52H59NO16/c1-28-34(65-46(60)39(56)38(31-19-13-10-14-20-31)53-44(58)32-21-15-11-16-22-32)26-52(62)43(67-45(59)33-23-17-12-18-24-33)41-50(9,42(57)40(64-29(2)54)37(28)49(52,7)8)35(66-47(61)69-48(4,5)6)25-36-51(41,27-63-36)68-30(3)55/h10-24,34-36,38-41,43,56,62H,25-27H2,1-9H3,(H,53,58)/t34-,35-,36+,38?,39+,40+,41?,43?,50+,51-,52+/m0/s1. The monoisotopic (exact) mass is 953 g/mol. The number of ketones is 1. The van der Waals surface area contributed by atoms with Crippen molar-refractivity contribution in [3.05, 3.63) is 119 Å². The molecule has 0 spiro atoms. The maximum atomic E-state index is 16.1. The minimum atomic E-state index is -2.48. The number of Topliss-reactive ketones (excluding diaryl/α,β-unsaturated/α-hetero) is 1. The second-order valence-corrected chi connectivity index (χ2v) is 19.9. The lowest BCUT2D eigenvalue weighted by Gasteiger charge is -2.67. The number of ether oxygens (including phenoxy) is 7. The molecule has 3 N–H and O–H groups in total. The van der Waals surface area contributed by atoms with Crippen molar-refractivity contribution in [3.63, 3.8) is 0 Å². The molecule has 1 amide bonds. The highest BCUT2D eigenvalue weighted by molar-refractivity contribution is 5.96. The first-order chi connectivity index (χ1) is 32.4. The number of carbonyl (C=O) groups excluding carboxylic acids is 7. The molecule has 17 heteroatoms. The molecule has 1 saturated heterocycles. The molecule has 17 nitrogen and oxygen atoms in total. The molecule has 7 rings (SSSR count). The van der Waals surface area contributed by atoms with Gasteiger partial charge in [-0.25, -0.2) is 14.4 Å². The molecule has 3 aliphatic carbocycles. The average Bonchev–Trinajstić information content (AvgIpc) is 3.28. The number of fused-ring (bicyclic) bond motifs is 5. The number of hydrogen-bond donors (Lipinski definition) is 3. The Bertz CT molecular complexity index is 2520. The zero-order chi connectivity index (χ0) is 50.4. The van der Waals surface area contributed by atoms with E-state index in [2.05, 4.69) is 5.32 Å². The number of amides is 1. The fraction of sp³-hybridized carbons (Fsp3) is 0.481. The minimum absolute atomic E-state index is 0.0328. The van der Waals surface area contributed by atoms with Crippen LogP contribution in [0.4, 0.5) is 4.79 Å². The molecule has 11 atom stereocenters. The molecule has 1 heterocycles. The molecule has 0 radical (unpaired) electrons. The smallest absolute Gasteiger partial charge is 0.456 e. The van der Waals surface area contributed by atoms with E-state index in [0.29, 0.717) is 5.56 Å². The van der Waals surface area contributed by atoms with Crippen LogP contribution in [0.2, 0.25) is 0 Å². The highest BCUT2D eigenvalue weighted by atomic mass is 16.7. The van der Waals surface area contributed by atoms with Crippen LogP contribution in [0.25, 0.3) is 0 Å². The Labute approximate surface area is 399 Å². The summed E-state index contributed by atoms with van der Waals surface area (Å²) in [5.41, 5.74) is -8.62. The molecule has 1 aliphatic heterocycles. The van der Waals surface area contributed by atoms with E-state index in [-0.39, 0.29) is 35.3 Å². The summed E-state index contributed by atoms with van der Waals surface area (Å²) < 4.78 is 42.5. The Balaban J connectivity index is 1.43. The number of hydrogen-bond acceptors (Lipinski definition) is 16. The van der Waals surface area contributed by atoms with E-state index in [4.69, 9.17) is 33.2 Å². The molecule has 3 unspecified atom stereocenters. The summed E-state index contributed by atoms with van der Waals surface area (Å²) in [4.78, 5) is 98.9. The Morgan fingerprint density at radius 3 is 1.91 bits per heavy atom.